The second-order valence-electron chi connectivity index (χ2n) is 6.27. The molecule has 18 heavy (non-hydrogen) atoms. The number of likely N-dealkylation sites (N-methyl/N-ethyl adjacent to an activating group) is 1. The fourth-order valence-corrected chi connectivity index (χ4v) is 2.63. The molecule has 4 heteroatoms. The molecule has 1 heterocycles. The first kappa shape index (κ1) is 15.4. The highest BCUT2D eigenvalue weighted by atomic mass is 16.2. The molecule has 0 spiro atoms. The van der Waals surface area contributed by atoms with Crippen LogP contribution >= 0.6 is 0 Å². The van der Waals surface area contributed by atoms with Crippen molar-refractivity contribution in [1.29, 1.82) is 0 Å². The lowest BCUT2D eigenvalue weighted by molar-refractivity contribution is -0.132. The van der Waals surface area contributed by atoms with Crippen LogP contribution in [-0.2, 0) is 4.79 Å². The summed E-state index contributed by atoms with van der Waals surface area (Å²) in [6.07, 6.45) is 0.938. The van der Waals surface area contributed by atoms with Crippen LogP contribution in [0.4, 0.5) is 0 Å². The predicted molar refractivity (Wildman–Crippen MR) is 75.6 cm³/mol. The van der Waals surface area contributed by atoms with Gasteiger partial charge in [0.2, 0.25) is 5.91 Å². The number of hydrogen-bond donors (Lipinski definition) is 1. The number of carbonyl (C=O) groups is 1. The summed E-state index contributed by atoms with van der Waals surface area (Å²) in [6, 6.07) is 0.713. The smallest absolute Gasteiger partial charge is 0.240 e. The zero-order chi connectivity index (χ0) is 13.9. The second-order valence-corrected chi connectivity index (χ2v) is 6.27. The Hall–Kier alpha value is -0.610. The molecule has 1 rings (SSSR count). The summed E-state index contributed by atoms with van der Waals surface area (Å²) in [5.41, 5.74) is 0. The molecular weight excluding hydrogens is 226 g/mol. The largest absolute Gasteiger partial charge is 0.337 e. The fraction of sp³-hybridized carbons (Fsp3) is 0.929. The maximum atomic E-state index is 12.4. The molecule has 1 aliphatic heterocycles. The van der Waals surface area contributed by atoms with Gasteiger partial charge in [0.15, 0.2) is 0 Å². The molecule has 1 amide bonds. The molecule has 1 N–H and O–H groups in total. The first-order chi connectivity index (χ1) is 8.32. The van der Waals surface area contributed by atoms with E-state index in [1.165, 1.54) is 0 Å². The van der Waals surface area contributed by atoms with Gasteiger partial charge in [0.05, 0.1) is 6.04 Å². The zero-order valence-corrected chi connectivity index (χ0v) is 12.7. The number of rotatable bonds is 6. The van der Waals surface area contributed by atoms with Gasteiger partial charge in [-0.1, -0.05) is 27.7 Å². The van der Waals surface area contributed by atoms with Crippen molar-refractivity contribution < 1.29 is 4.79 Å². The lowest BCUT2D eigenvalue weighted by atomic mass is 10.0. The topological polar surface area (TPSA) is 35.6 Å². The lowest BCUT2D eigenvalue weighted by Gasteiger charge is -2.33. The molecule has 0 saturated carbocycles. The van der Waals surface area contributed by atoms with E-state index in [2.05, 4.69) is 56.9 Å². The number of likely N-dealkylation sites (tertiary alicyclic amines) is 1. The highest BCUT2D eigenvalue weighted by Gasteiger charge is 2.37. The monoisotopic (exact) mass is 255 g/mol. The van der Waals surface area contributed by atoms with E-state index in [9.17, 15) is 4.79 Å². The summed E-state index contributed by atoms with van der Waals surface area (Å²) in [6.45, 7) is 10.4. The van der Waals surface area contributed by atoms with Crippen molar-refractivity contribution in [2.24, 2.45) is 5.92 Å². The third-order valence-electron chi connectivity index (χ3n) is 3.50. The Morgan fingerprint density at radius 2 is 1.94 bits per heavy atom. The van der Waals surface area contributed by atoms with Gasteiger partial charge in [0.1, 0.15) is 0 Å². The summed E-state index contributed by atoms with van der Waals surface area (Å²) in [5.74, 6) is 0.776. The van der Waals surface area contributed by atoms with Gasteiger partial charge in [0, 0.05) is 25.2 Å². The normalized spacial score (nSPS) is 22.6. The van der Waals surface area contributed by atoms with E-state index in [-0.39, 0.29) is 11.9 Å². The van der Waals surface area contributed by atoms with E-state index in [1.807, 2.05) is 0 Å². The molecule has 1 saturated heterocycles. The Labute approximate surface area is 112 Å². The number of carbonyl (C=O) groups excluding carboxylic acids is 1. The van der Waals surface area contributed by atoms with E-state index in [4.69, 9.17) is 0 Å². The molecule has 2 unspecified atom stereocenters. The maximum Gasteiger partial charge on any atom is 0.240 e. The Kier molecular flexibility index (Phi) is 5.60. The van der Waals surface area contributed by atoms with Crippen molar-refractivity contribution in [2.75, 3.05) is 27.2 Å². The molecule has 2 atom stereocenters. The molecule has 4 nitrogen and oxygen atoms in total. The molecule has 0 aliphatic carbocycles. The Bertz CT molecular complexity index is 276. The molecule has 0 aromatic carbocycles. The van der Waals surface area contributed by atoms with E-state index in [0.29, 0.717) is 18.0 Å². The summed E-state index contributed by atoms with van der Waals surface area (Å²) in [5, 5.41) is 3.36. The van der Waals surface area contributed by atoms with Crippen LogP contribution in [-0.4, -0.2) is 61.0 Å². The van der Waals surface area contributed by atoms with Crippen LogP contribution in [0, 0.1) is 5.92 Å². The second kappa shape index (κ2) is 6.53. The number of amides is 1. The lowest BCUT2D eigenvalue weighted by Crippen LogP contribution is -2.49. The van der Waals surface area contributed by atoms with Crippen molar-refractivity contribution in [3.05, 3.63) is 0 Å². The summed E-state index contributed by atoms with van der Waals surface area (Å²) in [7, 11) is 4.14. The fourth-order valence-electron chi connectivity index (χ4n) is 2.63. The molecule has 106 valence electrons. The minimum atomic E-state index is 0.0217. The molecule has 1 aliphatic rings. The standard InChI is InChI=1S/C14H29N3O/c1-10(2)13(9-16(5)6)17-8-7-12(14(17)18)15-11(3)4/h10-13,15H,7-9H2,1-6H3. The van der Waals surface area contributed by atoms with Crippen LogP contribution in [0.25, 0.3) is 0 Å². The Morgan fingerprint density at radius 3 is 2.39 bits per heavy atom. The number of nitrogens with zero attached hydrogens (tertiary/aromatic N) is 2. The van der Waals surface area contributed by atoms with Crippen LogP contribution in [0.3, 0.4) is 0 Å². The molecule has 0 aromatic heterocycles. The van der Waals surface area contributed by atoms with E-state index < -0.39 is 0 Å². The van der Waals surface area contributed by atoms with Crippen LogP contribution < -0.4 is 5.32 Å². The van der Waals surface area contributed by atoms with Crippen molar-refractivity contribution in [2.45, 2.75) is 52.2 Å². The molecule has 0 bridgehead atoms. The van der Waals surface area contributed by atoms with Gasteiger partial charge >= 0.3 is 0 Å². The quantitative estimate of drug-likeness (QED) is 0.774. The van der Waals surface area contributed by atoms with Crippen LogP contribution in [0.1, 0.15) is 34.1 Å². The SMILES string of the molecule is CC(C)NC1CCN(C(CN(C)C)C(C)C)C1=O. The average Bonchev–Trinajstić information content (AvgIpc) is 2.56. The Morgan fingerprint density at radius 1 is 1.33 bits per heavy atom. The van der Waals surface area contributed by atoms with Crippen molar-refractivity contribution >= 4 is 5.91 Å². The van der Waals surface area contributed by atoms with Gasteiger partial charge in [-0.3, -0.25) is 4.79 Å². The molecule has 0 aromatic rings. The van der Waals surface area contributed by atoms with E-state index in [1.54, 1.807) is 0 Å². The van der Waals surface area contributed by atoms with Gasteiger partial charge in [-0.15, -0.1) is 0 Å². The first-order valence-electron chi connectivity index (χ1n) is 7.04. The van der Waals surface area contributed by atoms with Gasteiger partial charge in [-0.25, -0.2) is 0 Å². The van der Waals surface area contributed by atoms with E-state index >= 15 is 0 Å². The van der Waals surface area contributed by atoms with Gasteiger partial charge in [0.25, 0.3) is 0 Å². The van der Waals surface area contributed by atoms with Crippen LogP contribution in [0.5, 0.6) is 0 Å². The van der Waals surface area contributed by atoms with Crippen molar-refractivity contribution in [3.8, 4) is 0 Å². The van der Waals surface area contributed by atoms with Crippen LogP contribution in [0.15, 0.2) is 0 Å². The highest BCUT2D eigenvalue weighted by Crippen LogP contribution is 2.20. The van der Waals surface area contributed by atoms with Gasteiger partial charge in [-0.2, -0.15) is 0 Å². The van der Waals surface area contributed by atoms with E-state index in [0.717, 1.165) is 19.5 Å². The third kappa shape index (κ3) is 3.95. The average molecular weight is 255 g/mol. The number of nitrogens with one attached hydrogen (secondary N) is 1. The maximum absolute atomic E-state index is 12.4. The zero-order valence-electron chi connectivity index (χ0n) is 12.7. The third-order valence-corrected chi connectivity index (χ3v) is 3.50. The number of hydrogen-bond acceptors (Lipinski definition) is 3. The van der Waals surface area contributed by atoms with Crippen molar-refractivity contribution in [1.82, 2.24) is 15.1 Å². The van der Waals surface area contributed by atoms with Gasteiger partial charge in [-0.05, 0) is 26.4 Å². The molecule has 0 radical (unpaired) electrons. The first-order valence-corrected chi connectivity index (χ1v) is 7.04. The summed E-state index contributed by atoms with van der Waals surface area (Å²) < 4.78 is 0. The predicted octanol–water partition coefficient (Wildman–Crippen LogP) is 1.17. The van der Waals surface area contributed by atoms with Crippen molar-refractivity contribution in [3.63, 3.8) is 0 Å². The molecular formula is C14H29N3O. The summed E-state index contributed by atoms with van der Waals surface area (Å²) in [4.78, 5) is 16.7. The highest BCUT2D eigenvalue weighted by molar-refractivity contribution is 5.84. The minimum absolute atomic E-state index is 0.0217. The Balaban J connectivity index is 2.68. The van der Waals surface area contributed by atoms with Gasteiger partial charge < -0.3 is 15.1 Å². The molecule has 1 fully saturated rings. The summed E-state index contributed by atoms with van der Waals surface area (Å²) >= 11 is 0. The minimum Gasteiger partial charge on any atom is -0.337 e. The van der Waals surface area contributed by atoms with Crippen LogP contribution in [0.2, 0.25) is 0 Å².